The van der Waals surface area contributed by atoms with Crippen LogP contribution in [-0.2, 0) is 10.0 Å². The number of nitrogens with zero attached hydrogens (tertiary/aromatic N) is 2. The number of hydrogen-bond donors (Lipinski definition) is 1. The minimum atomic E-state index is -3.61. The van der Waals surface area contributed by atoms with Crippen molar-refractivity contribution in [3.63, 3.8) is 0 Å². The van der Waals surface area contributed by atoms with Crippen LogP contribution in [0.25, 0.3) is 0 Å². The standard InChI is InChI=1S/C12H18N2O4S2/c1-8-5-14(6-9(2)13(8)3)20(17,18)10-4-11(12(15)16)19-7-10/h4,7-9H,5-6H2,1-3H3,(H,15,16). The Morgan fingerprint density at radius 3 is 2.35 bits per heavy atom. The number of aromatic carboxylic acids is 1. The SMILES string of the molecule is CC1CN(S(=O)(=O)c2csc(C(=O)O)c2)CC(C)N1C. The number of carbonyl (C=O) groups is 1. The number of carboxylic acids is 1. The maximum Gasteiger partial charge on any atom is 0.345 e. The van der Waals surface area contributed by atoms with Crippen LogP contribution < -0.4 is 0 Å². The van der Waals surface area contributed by atoms with Gasteiger partial charge in [0, 0.05) is 30.6 Å². The van der Waals surface area contributed by atoms with Gasteiger partial charge in [-0.3, -0.25) is 4.90 Å². The van der Waals surface area contributed by atoms with Crippen LogP contribution in [0.15, 0.2) is 16.3 Å². The van der Waals surface area contributed by atoms with Crippen molar-refractivity contribution in [1.82, 2.24) is 9.21 Å². The second-order valence-corrected chi connectivity index (χ2v) is 7.99. The van der Waals surface area contributed by atoms with E-state index >= 15 is 0 Å². The molecule has 1 aliphatic rings. The van der Waals surface area contributed by atoms with Crippen molar-refractivity contribution in [3.05, 3.63) is 16.3 Å². The van der Waals surface area contributed by atoms with Gasteiger partial charge in [-0.2, -0.15) is 4.31 Å². The lowest BCUT2D eigenvalue weighted by Crippen LogP contribution is -2.56. The number of carboxylic acid groups (broad SMARTS) is 1. The molecule has 6 nitrogen and oxygen atoms in total. The lowest BCUT2D eigenvalue weighted by atomic mass is 10.1. The Labute approximate surface area is 122 Å². The molecule has 1 N–H and O–H groups in total. The predicted octanol–water partition coefficient (Wildman–Crippen LogP) is 1.16. The Balaban J connectivity index is 2.28. The number of hydrogen-bond acceptors (Lipinski definition) is 5. The van der Waals surface area contributed by atoms with Gasteiger partial charge >= 0.3 is 5.97 Å². The number of likely N-dealkylation sites (N-methyl/N-ethyl adjacent to an activating group) is 1. The molecule has 1 aliphatic heterocycles. The molecule has 2 rings (SSSR count). The van der Waals surface area contributed by atoms with E-state index in [0.29, 0.717) is 13.1 Å². The second-order valence-electron chi connectivity index (χ2n) is 5.14. The predicted molar refractivity (Wildman–Crippen MR) is 76.7 cm³/mol. The zero-order valence-corrected chi connectivity index (χ0v) is 13.2. The Morgan fingerprint density at radius 1 is 1.35 bits per heavy atom. The van der Waals surface area contributed by atoms with Crippen LogP contribution in [-0.4, -0.2) is 60.9 Å². The summed E-state index contributed by atoms with van der Waals surface area (Å²) in [5, 5.41) is 10.3. The Bertz CT molecular complexity index is 599. The zero-order valence-electron chi connectivity index (χ0n) is 11.6. The summed E-state index contributed by atoms with van der Waals surface area (Å²) in [4.78, 5) is 13.1. The molecule has 112 valence electrons. The molecule has 0 bridgehead atoms. The molecule has 0 saturated carbocycles. The van der Waals surface area contributed by atoms with Crippen molar-refractivity contribution in [2.45, 2.75) is 30.8 Å². The highest BCUT2D eigenvalue weighted by atomic mass is 32.2. The molecule has 0 spiro atoms. The van der Waals surface area contributed by atoms with Crippen LogP contribution in [0, 0.1) is 0 Å². The molecule has 1 fully saturated rings. The molecule has 0 aliphatic carbocycles. The van der Waals surface area contributed by atoms with E-state index in [4.69, 9.17) is 5.11 Å². The van der Waals surface area contributed by atoms with Crippen LogP contribution >= 0.6 is 11.3 Å². The van der Waals surface area contributed by atoms with Crippen molar-refractivity contribution < 1.29 is 18.3 Å². The largest absolute Gasteiger partial charge is 0.477 e. The first-order valence-electron chi connectivity index (χ1n) is 6.27. The van der Waals surface area contributed by atoms with Gasteiger partial charge in [0.2, 0.25) is 10.0 Å². The minimum absolute atomic E-state index is 0.0406. The number of thiophene rings is 1. The highest BCUT2D eigenvalue weighted by Gasteiger charge is 2.35. The van der Waals surface area contributed by atoms with Gasteiger partial charge in [-0.25, -0.2) is 13.2 Å². The van der Waals surface area contributed by atoms with Crippen LogP contribution in [0.2, 0.25) is 0 Å². The molecule has 1 saturated heterocycles. The first-order chi connectivity index (χ1) is 9.23. The summed E-state index contributed by atoms with van der Waals surface area (Å²) in [5.41, 5.74) is 0. The second kappa shape index (κ2) is 5.44. The zero-order chi connectivity index (χ0) is 15.1. The first kappa shape index (κ1) is 15.4. The molecular formula is C12H18N2O4S2. The summed E-state index contributed by atoms with van der Waals surface area (Å²) in [6, 6.07) is 1.49. The molecule has 20 heavy (non-hydrogen) atoms. The third kappa shape index (κ3) is 2.73. The molecule has 1 aromatic heterocycles. The fraction of sp³-hybridized carbons (Fsp3) is 0.583. The number of piperazine rings is 1. The number of sulfonamides is 1. The summed E-state index contributed by atoms with van der Waals surface area (Å²) in [7, 11) is -1.63. The average Bonchev–Trinajstić information content (AvgIpc) is 2.85. The topological polar surface area (TPSA) is 77.9 Å². The van der Waals surface area contributed by atoms with Crippen molar-refractivity contribution in [3.8, 4) is 0 Å². The van der Waals surface area contributed by atoms with Gasteiger partial charge in [0.1, 0.15) is 4.88 Å². The highest BCUT2D eigenvalue weighted by molar-refractivity contribution is 7.89. The van der Waals surface area contributed by atoms with Gasteiger partial charge in [-0.15, -0.1) is 11.3 Å². The quantitative estimate of drug-likeness (QED) is 0.905. The maximum absolute atomic E-state index is 12.5. The van der Waals surface area contributed by atoms with E-state index in [0.717, 1.165) is 11.3 Å². The average molecular weight is 318 g/mol. The summed E-state index contributed by atoms with van der Waals surface area (Å²) < 4.78 is 26.5. The highest BCUT2D eigenvalue weighted by Crippen LogP contribution is 2.25. The van der Waals surface area contributed by atoms with E-state index in [2.05, 4.69) is 4.90 Å². The Morgan fingerprint density at radius 2 is 1.90 bits per heavy atom. The fourth-order valence-electron chi connectivity index (χ4n) is 2.27. The summed E-state index contributed by atoms with van der Waals surface area (Å²) >= 11 is 0.935. The molecule has 0 radical (unpaired) electrons. The van der Waals surface area contributed by atoms with Gasteiger partial charge in [0.05, 0.1) is 4.90 Å². The Hall–Kier alpha value is -0.960. The lowest BCUT2D eigenvalue weighted by Gasteiger charge is -2.41. The minimum Gasteiger partial charge on any atom is -0.477 e. The van der Waals surface area contributed by atoms with Crippen molar-refractivity contribution >= 4 is 27.3 Å². The van der Waals surface area contributed by atoms with Gasteiger partial charge in [0.25, 0.3) is 0 Å². The van der Waals surface area contributed by atoms with Gasteiger partial charge < -0.3 is 5.11 Å². The lowest BCUT2D eigenvalue weighted by molar-refractivity contribution is 0.0702. The molecule has 2 unspecified atom stereocenters. The van der Waals surface area contributed by atoms with E-state index in [1.165, 1.54) is 15.8 Å². The summed E-state index contributed by atoms with van der Waals surface area (Å²) in [5.74, 6) is -1.10. The molecule has 1 aromatic rings. The smallest absolute Gasteiger partial charge is 0.345 e. The third-order valence-electron chi connectivity index (χ3n) is 3.75. The Kier molecular flexibility index (Phi) is 4.19. The summed E-state index contributed by atoms with van der Waals surface area (Å²) in [6.07, 6.45) is 0. The molecule has 2 atom stereocenters. The first-order valence-corrected chi connectivity index (χ1v) is 8.59. The molecule has 2 heterocycles. The van der Waals surface area contributed by atoms with E-state index < -0.39 is 16.0 Å². The van der Waals surface area contributed by atoms with Crippen LogP contribution in [0.1, 0.15) is 23.5 Å². The van der Waals surface area contributed by atoms with Crippen molar-refractivity contribution in [1.29, 1.82) is 0 Å². The fourth-order valence-corrected chi connectivity index (χ4v) is 4.97. The number of rotatable bonds is 3. The maximum atomic E-state index is 12.5. The van der Waals surface area contributed by atoms with E-state index in [-0.39, 0.29) is 21.9 Å². The van der Waals surface area contributed by atoms with Crippen LogP contribution in [0.3, 0.4) is 0 Å². The van der Waals surface area contributed by atoms with Crippen molar-refractivity contribution in [2.24, 2.45) is 0 Å². The molecule has 0 aromatic carbocycles. The van der Waals surface area contributed by atoms with E-state index in [1.807, 2.05) is 20.9 Å². The van der Waals surface area contributed by atoms with Gasteiger partial charge in [0.15, 0.2) is 0 Å². The summed E-state index contributed by atoms with van der Waals surface area (Å²) in [6.45, 7) is 4.80. The van der Waals surface area contributed by atoms with Gasteiger partial charge in [-0.05, 0) is 27.0 Å². The monoisotopic (exact) mass is 318 g/mol. The molecule has 8 heteroatoms. The normalized spacial score (nSPS) is 25.8. The van der Waals surface area contributed by atoms with E-state index in [1.54, 1.807) is 0 Å². The van der Waals surface area contributed by atoms with Crippen molar-refractivity contribution in [2.75, 3.05) is 20.1 Å². The van der Waals surface area contributed by atoms with Crippen LogP contribution in [0.5, 0.6) is 0 Å². The third-order valence-corrected chi connectivity index (χ3v) is 6.63. The molecular weight excluding hydrogens is 300 g/mol. The van der Waals surface area contributed by atoms with Crippen LogP contribution in [0.4, 0.5) is 0 Å². The van der Waals surface area contributed by atoms with E-state index in [9.17, 15) is 13.2 Å². The molecule has 0 amide bonds. The van der Waals surface area contributed by atoms with Gasteiger partial charge in [-0.1, -0.05) is 0 Å².